The molecule has 3 fully saturated rings. The van der Waals surface area contributed by atoms with E-state index < -0.39 is 36.2 Å². The number of hydrogen-bond donors (Lipinski definition) is 1. The zero-order valence-corrected chi connectivity index (χ0v) is 20.2. The lowest BCUT2D eigenvalue weighted by atomic mass is 10.2. The Bertz CT molecular complexity index is 1000. The highest BCUT2D eigenvalue weighted by atomic mass is 19.3. The van der Waals surface area contributed by atoms with Gasteiger partial charge in [-0.2, -0.15) is 8.78 Å². The van der Waals surface area contributed by atoms with Crippen LogP contribution >= 0.6 is 0 Å². The van der Waals surface area contributed by atoms with Crippen LogP contribution in [0.5, 0.6) is 0 Å². The minimum Gasteiger partial charge on any atom is -0.442 e. The van der Waals surface area contributed by atoms with E-state index in [2.05, 4.69) is 4.90 Å². The predicted octanol–water partition coefficient (Wildman–Crippen LogP) is 1.09. The van der Waals surface area contributed by atoms with Gasteiger partial charge in [-0.3, -0.25) is 14.5 Å². The molecule has 204 valence electrons. The summed E-state index contributed by atoms with van der Waals surface area (Å²) in [7, 11) is 1.97. The number of likely N-dealkylation sites (N-methyl/N-ethyl adjacent to an activating group) is 1. The van der Waals surface area contributed by atoms with Crippen LogP contribution in [0.15, 0.2) is 12.1 Å². The van der Waals surface area contributed by atoms with Gasteiger partial charge in [-0.1, -0.05) is 0 Å². The van der Waals surface area contributed by atoms with Gasteiger partial charge in [0.05, 0.1) is 31.9 Å². The van der Waals surface area contributed by atoms with E-state index >= 15 is 8.78 Å². The SMILES string of the molecule is CN1CCN(C(=O)N2CCN(c3c(F)cc(N4C[C@H](CNC(=O)C(F)F)OC4=O)cc3F)CCO2)CC1. The van der Waals surface area contributed by atoms with Crippen molar-refractivity contribution in [3.8, 4) is 0 Å². The summed E-state index contributed by atoms with van der Waals surface area (Å²) in [6.45, 7) is 2.40. The number of hydrogen-bond acceptors (Lipinski definition) is 7. The van der Waals surface area contributed by atoms with Crippen molar-refractivity contribution in [1.82, 2.24) is 20.2 Å². The molecule has 11 nitrogen and oxygen atoms in total. The van der Waals surface area contributed by atoms with Crippen molar-refractivity contribution in [2.24, 2.45) is 0 Å². The minimum atomic E-state index is -3.22. The Hall–Kier alpha value is -3.33. The number of alkyl halides is 2. The van der Waals surface area contributed by atoms with Crippen LogP contribution < -0.4 is 15.1 Å². The van der Waals surface area contributed by atoms with Crippen molar-refractivity contribution in [2.75, 3.05) is 82.4 Å². The molecule has 0 unspecified atom stereocenters. The molecule has 1 N–H and O–H groups in total. The molecule has 1 atom stereocenters. The number of rotatable bonds is 5. The van der Waals surface area contributed by atoms with E-state index in [1.807, 2.05) is 12.4 Å². The van der Waals surface area contributed by atoms with Crippen molar-refractivity contribution in [3.63, 3.8) is 0 Å². The van der Waals surface area contributed by atoms with Gasteiger partial charge in [-0.15, -0.1) is 0 Å². The second-order valence-corrected chi connectivity index (χ2v) is 8.92. The van der Waals surface area contributed by atoms with Gasteiger partial charge >= 0.3 is 18.5 Å². The lowest BCUT2D eigenvalue weighted by Crippen LogP contribution is -2.52. The third-order valence-corrected chi connectivity index (χ3v) is 6.37. The van der Waals surface area contributed by atoms with E-state index in [0.717, 1.165) is 30.1 Å². The van der Waals surface area contributed by atoms with Crippen molar-refractivity contribution < 1.29 is 41.5 Å². The topological polar surface area (TPSA) is 97.9 Å². The van der Waals surface area contributed by atoms with Crippen LogP contribution in [-0.2, 0) is 14.4 Å². The van der Waals surface area contributed by atoms with Crippen molar-refractivity contribution in [2.45, 2.75) is 12.5 Å². The summed E-state index contributed by atoms with van der Waals surface area (Å²) in [6, 6.07) is 1.65. The highest BCUT2D eigenvalue weighted by Crippen LogP contribution is 2.31. The largest absolute Gasteiger partial charge is 0.442 e. The summed E-state index contributed by atoms with van der Waals surface area (Å²) in [5.41, 5.74) is -0.445. The average Bonchev–Trinajstić information content (AvgIpc) is 3.06. The third-order valence-electron chi connectivity index (χ3n) is 6.37. The standard InChI is InChI=1S/C22H28F4N6O5/c1-28-2-4-30(5-3-28)21(34)32-7-6-29(8-9-36-32)18-16(23)10-14(11-17(18)24)31-13-15(37-22(31)35)12-27-20(33)19(25)26/h10-11,15,19H,2-9,12-13H2,1H3,(H,27,33)/t15-/m0/s1. The van der Waals surface area contributed by atoms with Gasteiger partial charge in [-0.05, 0) is 7.05 Å². The number of carbonyl (C=O) groups excluding carboxylic acids is 3. The van der Waals surface area contributed by atoms with Crippen LogP contribution in [0, 0.1) is 11.6 Å². The monoisotopic (exact) mass is 532 g/mol. The Labute approximate surface area is 210 Å². The van der Waals surface area contributed by atoms with Crippen LogP contribution in [0.25, 0.3) is 0 Å². The number of ether oxygens (including phenoxy) is 1. The number of halogens is 4. The molecule has 4 amide bonds. The Morgan fingerprint density at radius 2 is 1.73 bits per heavy atom. The Balaban J connectivity index is 1.39. The Morgan fingerprint density at radius 1 is 1.05 bits per heavy atom. The van der Waals surface area contributed by atoms with E-state index in [-0.39, 0.29) is 56.7 Å². The maximum absolute atomic E-state index is 15.1. The first-order valence-electron chi connectivity index (χ1n) is 11.8. The molecule has 37 heavy (non-hydrogen) atoms. The molecule has 3 heterocycles. The van der Waals surface area contributed by atoms with Gasteiger partial charge in [0.25, 0.3) is 5.91 Å². The van der Waals surface area contributed by atoms with Gasteiger partial charge < -0.3 is 24.8 Å². The van der Waals surface area contributed by atoms with Crippen LogP contribution in [0.4, 0.5) is 38.5 Å². The maximum Gasteiger partial charge on any atom is 0.414 e. The zero-order valence-electron chi connectivity index (χ0n) is 20.2. The predicted molar refractivity (Wildman–Crippen MR) is 122 cm³/mol. The molecule has 1 aromatic carbocycles. The average molecular weight is 532 g/mol. The van der Waals surface area contributed by atoms with E-state index in [0.29, 0.717) is 13.1 Å². The number of nitrogens with zero attached hydrogens (tertiary/aromatic N) is 5. The molecule has 3 saturated heterocycles. The maximum atomic E-state index is 15.1. The molecule has 0 spiro atoms. The Morgan fingerprint density at radius 3 is 2.38 bits per heavy atom. The second kappa shape index (κ2) is 11.4. The van der Waals surface area contributed by atoms with Crippen molar-refractivity contribution in [3.05, 3.63) is 23.8 Å². The smallest absolute Gasteiger partial charge is 0.414 e. The molecule has 1 aromatic rings. The number of nitrogens with one attached hydrogen (secondary N) is 1. The third kappa shape index (κ3) is 6.15. The number of piperazine rings is 1. The fourth-order valence-corrected chi connectivity index (χ4v) is 4.32. The van der Waals surface area contributed by atoms with Crippen LogP contribution in [0.2, 0.25) is 0 Å². The van der Waals surface area contributed by atoms with Gasteiger partial charge in [0.15, 0.2) is 11.6 Å². The second-order valence-electron chi connectivity index (χ2n) is 8.92. The lowest BCUT2D eigenvalue weighted by Gasteiger charge is -2.35. The molecular weight excluding hydrogens is 504 g/mol. The summed E-state index contributed by atoms with van der Waals surface area (Å²) in [5, 5.41) is 3.15. The highest BCUT2D eigenvalue weighted by molar-refractivity contribution is 5.90. The normalized spacial score (nSPS) is 21.4. The van der Waals surface area contributed by atoms with Gasteiger partial charge in [-0.25, -0.2) is 23.4 Å². The molecule has 3 aliphatic heterocycles. The van der Waals surface area contributed by atoms with E-state index in [4.69, 9.17) is 9.57 Å². The molecule has 4 rings (SSSR count). The Kier molecular flexibility index (Phi) is 8.22. The summed E-state index contributed by atoms with van der Waals surface area (Å²) in [4.78, 5) is 47.7. The number of carbonyl (C=O) groups is 3. The summed E-state index contributed by atoms with van der Waals surface area (Å²) in [6.07, 6.45) is -5.11. The number of amides is 4. The molecular formula is C22H28F4N6O5. The number of hydroxylamine groups is 2. The van der Waals surface area contributed by atoms with E-state index in [1.54, 1.807) is 4.90 Å². The minimum absolute atomic E-state index is 0.0323. The number of anilines is 2. The molecule has 0 bridgehead atoms. The fraction of sp³-hybridized carbons (Fsp3) is 0.591. The number of benzene rings is 1. The molecule has 0 aliphatic carbocycles. The van der Waals surface area contributed by atoms with Crippen LogP contribution in [-0.4, -0.2) is 118 Å². The first-order chi connectivity index (χ1) is 17.6. The quantitative estimate of drug-likeness (QED) is 0.568. The summed E-state index contributed by atoms with van der Waals surface area (Å²) in [5.74, 6) is -3.38. The first-order valence-corrected chi connectivity index (χ1v) is 11.8. The molecule has 0 aromatic heterocycles. The van der Waals surface area contributed by atoms with Gasteiger partial charge in [0, 0.05) is 51.4 Å². The van der Waals surface area contributed by atoms with Crippen LogP contribution in [0.1, 0.15) is 0 Å². The molecule has 0 radical (unpaired) electrons. The first kappa shape index (κ1) is 26.7. The fourth-order valence-electron chi connectivity index (χ4n) is 4.32. The molecule has 15 heteroatoms. The van der Waals surface area contributed by atoms with Crippen molar-refractivity contribution in [1.29, 1.82) is 0 Å². The highest BCUT2D eigenvalue weighted by Gasteiger charge is 2.35. The van der Waals surface area contributed by atoms with Crippen LogP contribution in [0.3, 0.4) is 0 Å². The van der Waals surface area contributed by atoms with Crippen molar-refractivity contribution >= 4 is 29.4 Å². The summed E-state index contributed by atoms with van der Waals surface area (Å²) >= 11 is 0. The van der Waals surface area contributed by atoms with E-state index in [9.17, 15) is 23.2 Å². The summed E-state index contributed by atoms with van der Waals surface area (Å²) < 4.78 is 59.9. The number of cyclic esters (lactones) is 1. The molecule has 3 aliphatic rings. The van der Waals surface area contributed by atoms with E-state index in [1.165, 1.54) is 9.96 Å². The lowest BCUT2D eigenvalue weighted by molar-refractivity contribution is -0.132. The molecule has 0 saturated carbocycles. The van der Waals surface area contributed by atoms with Gasteiger partial charge in [0.1, 0.15) is 11.8 Å². The zero-order chi connectivity index (χ0) is 26.7. The number of urea groups is 1. The van der Waals surface area contributed by atoms with Gasteiger partial charge in [0.2, 0.25) is 0 Å².